The maximum atomic E-state index is 12.6. The number of hydrogen-bond acceptors (Lipinski definition) is 8. The topological polar surface area (TPSA) is 132 Å². The van der Waals surface area contributed by atoms with Gasteiger partial charge in [-0.2, -0.15) is 0 Å². The number of aliphatic hydroxyl groups is 2. The molecule has 3 unspecified atom stereocenters. The number of hydrogen-bond donors (Lipinski definition) is 3. The lowest BCUT2D eigenvalue weighted by Crippen LogP contribution is -2.29. The van der Waals surface area contributed by atoms with Gasteiger partial charge < -0.3 is 24.6 Å². The minimum Gasteiger partial charge on any atom is -0.457 e. The molecule has 0 saturated carbocycles. The summed E-state index contributed by atoms with van der Waals surface area (Å²) in [6.07, 6.45) is 49.9. The van der Waals surface area contributed by atoms with Crippen LogP contribution in [-0.2, 0) is 27.9 Å². The second kappa shape index (κ2) is 45.2. The second-order valence-electron chi connectivity index (χ2n) is 16.1. The Kier molecular flexibility index (Phi) is 44.2. The van der Waals surface area contributed by atoms with Gasteiger partial charge in [0.05, 0.1) is 26.4 Å². The molecule has 0 radical (unpaired) electrons. The summed E-state index contributed by atoms with van der Waals surface area (Å²) in [6.45, 7) is 3.40. The molecule has 0 aromatic heterocycles. The molecule has 0 aliphatic rings. The van der Waals surface area contributed by atoms with Crippen molar-refractivity contribution in [3.05, 3.63) is 36.5 Å². The number of aliphatic hydroxyl groups excluding tert-OH is 2. The van der Waals surface area contributed by atoms with E-state index in [0.29, 0.717) is 13.0 Å². The highest BCUT2D eigenvalue weighted by atomic mass is 31.2. The van der Waals surface area contributed by atoms with Crippen molar-refractivity contribution in [2.24, 2.45) is 0 Å². The fourth-order valence-electron chi connectivity index (χ4n) is 6.72. The van der Waals surface area contributed by atoms with Crippen molar-refractivity contribution >= 4 is 13.8 Å². The van der Waals surface area contributed by atoms with Crippen LogP contribution in [0.25, 0.3) is 0 Å². The van der Waals surface area contributed by atoms with Crippen molar-refractivity contribution < 1.29 is 43.0 Å². The Morgan fingerprint density at radius 3 is 1.47 bits per heavy atom. The van der Waals surface area contributed by atoms with Crippen molar-refractivity contribution in [1.82, 2.24) is 0 Å². The molecule has 3 N–H and O–H groups in total. The molecule has 3 atom stereocenters. The van der Waals surface area contributed by atoms with E-state index < -0.39 is 39.2 Å². The van der Waals surface area contributed by atoms with Crippen LogP contribution < -0.4 is 0 Å². The molecule has 342 valence electrons. The third kappa shape index (κ3) is 44.2. The van der Waals surface area contributed by atoms with E-state index in [0.717, 1.165) is 51.4 Å². The van der Waals surface area contributed by atoms with Crippen molar-refractivity contribution in [2.75, 3.05) is 33.0 Å². The minimum absolute atomic E-state index is 0.0402. The number of allylic oxidation sites excluding steroid dienone is 6. The first-order valence-electron chi connectivity index (χ1n) is 24.0. The predicted octanol–water partition coefficient (Wildman–Crippen LogP) is 13.6. The molecule has 0 heterocycles. The maximum Gasteiger partial charge on any atom is 0.472 e. The number of rotatable bonds is 46. The van der Waals surface area contributed by atoms with Crippen LogP contribution in [0, 0.1) is 0 Å². The van der Waals surface area contributed by atoms with E-state index in [9.17, 15) is 19.4 Å². The number of carbonyl (C=O) groups excluding carboxylic acids is 1. The molecule has 0 fully saturated rings. The van der Waals surface area contributed by atoms with Gasteiger partial charge in [-0.05, 0) is 44.9 Å². The van der Waals surface area contributed by atoms with E-state index in [1.54, 1.807) is 0 Å². The summed E-state index contributed by atoms with van der Waals surface area (Å²) in [5, 5.41) is 18.4. The number of esters is 1. The average molecular weight is 843 g/mol. The molecule has 0 bridgehead atoms. The molecule has 0 aromatic rings. The highest BCUT2D eigenvalue weighted by molar-refractivity contribution is 7.47. The van der Waals surface area contributed by atoms with Crippen LogP contribution in [0.15, 0.2) is 36.5 Å². The normalized spacial score (nSPS) is 14.2. The van der Waals surface area contributed by atoms with Crippen molar-refractivity contribution in [3.63, 3.8) is 0 Å². The fraction of sp³-hybridized carbons (Fsp3) is 0.854. The zero-order valence-corrected chi connectivity index (χ0v) is 38.4. The molecule has 0 amide bonds. The molecule has 9 nitrogen and oxygen atoms in total. The molecule has 0 saturated heterocycles. The van der Waals surface area contributed by atoms with Crippen LogP contribution in [0.2, 0.25) is 0 Å². The second-order valence-corrected chi connectivity index (χ2v) is 17.6. The monoisotopic (exact) mass is 843 g/mol. The zero-order chi connectivity index (χ0) is 42.5. The number of unbranched alkanes of at least 4 members (excludes halogenated alkanes) is 26. The number of carbonyl (C=O) groups is 1. The summed E-state index contributed by atoms with van der Waals surface area (Å²) < 4.78 is 33.4. The minimum atomic E-state index is -4.52. The first kappa shape index (κ1) is 56.7. The van der Waals surface area contributed by atoms with Gasteiger partial charge in [0, 0.05) is 13.0 Å². The van der Waals surface area contributed by atoms with Crippen LogP contribution in [0.4, 0.5) is 0 Å². The van der Waals surface area contributed by atoms with Crippen LogP contribution in [0.3, 0.4) is 0 Å². The van der Waals surface area contributed by atoms with Crippen molar-refractivity contribution in [3.8, 4) is 0 Å². The average Bonchev–Trinajstić information content (AvgIpc) is 3.21. The summed E-state index contributed by atoms with van der Waals surface area (Å²) in [7, 11) is -4.52. The van der Waals surface area contributed by atoms with Gasteiger partial charge in [0.2, 0.25) is 0 Å². The lowest BCUT2D eigenvalue weighted by molar-refractivity contribution is -0.154. The third-order valence-electron chi connectivity index (χ3n) is 10.3. The summed E-state index contributed by atoms with van der Waals surface area (Å²) in [5.74, 6) is -0.408. The van der Waals surface area contributed by atoms with Gasteiger partial charge in [-0.25, -0.2) is 4.57 Å². The smallest absolute Gasteiger partial charge is 0.457 e. The molecule has 0 aliphatic heterocycles. The Balaban J connectivity index is 4.02. The van der Waals surface area contributed by atoms with E-state index in [1.807, 2.05) is 0 Å². The SMILES string of the molecule is CC/C=C\C/C=C\C/C=C\CCCCCC(=O)OC(COCCCCCCCCCCCCCCCCCCCCCCCCCC)COP(=O)(O)OCC(O)CO. The van der Waals surface area contributed by atoms with Gasteiger partial charge in [-0.1, -0.05) is 204 Å². The van der Waals surface area contributed by atoms with E-state index in [-0.39, 0.29) is 19.6 Å². The largest absolute Gasteiger partial charge is 0.472 e. The molecule has 0 spiro atoms. The summed E-state index contributed by atoms with van der Waals surface area (Å²) >= 11 is 0. The molecule has 0 aliphatic carbocycles. The molecule has 0 aromatic carbocycles. The lowest BCUT2D eigenvalue weighted by atomic mass is 10.0. The maximum absolute atomic E-state index is 12.6. The van der Waals surface area contributed by atoms with E-state index in [2.05, 4.69) is 50.3 Å². The first-order valence-corrected chi connectivity index (χ1v) is 25.5. The van der Waals surface area contributed by atoms with Gasteiger partial charge in [-0.3, -0.25) is 13.8 Å². The number of ether oxygens (including phenoxy) is 2. The molecule has 10 heteroatoms. The van der Waals surface area contributed by atoms with Gasteiger partial charge in [0.25, 0.3) is 0 Å². The van der Waals surface area contributed by atoms with Crippen LogP contribution in [0.1, 0.15) is 219 Å². The Labute approximate surface area is 356 Å². The van der Waals surface area contributed by atoms with Crippen LogP contribution in [-0.4, -0.2) is 66.3 Å². The standard InChI is InChI=1S/C48H91O9P/c1-3-5-7-9-11-13-15-17-18-19-20-21-22-23-24-25-26-27-29-31-33-35-37-39-41-54-44-47(45-56-58(52,53)55-43-46(50)42-49)57-48(51)40-38-36-34-32-30-28-16-14-12-10-8-6-4-2/h6,8,12,14,28,30,46-47,49-50H,3-5,7,9-11,13,15-27,29,31-45H2,1-2H3,(H,52,53)/b8-6-,14-12-,30-28-. The van der Waals surface area contributed by atoms with Crippen LogP contribution >= 0.6 is 7.82 Å². The van der Waals surface area contributed by atoms with Gasteiger partial charge in [0.1, 0.15) is 12.2 Å². The van der Waals surface area contributed by atoms with Gasteiger partial charge in [0.15, 0.2) is 0 Å². The highest BCUT2D eigenvalue weighted by Gasteiger charge is 2.26. The van der Waals surface area contributed by atoms with Crippen molar-refractivity contribution in [2.45, 2.75) is 232 Å². The summed E-state index contributed by atoms with van der Waals surface area (Å²) in [5.41, 5.74) is 0. The van der Waals surface area contributed by atoms with Crippen molar-refractivity contribution in [1.29, 1.82) is 0 Å². The summed E-state index contributed by atoms with van der Waals surface area (Å²) in [4.78, 5) is 22.6. The van der Waals surface area contributed by atoms with E-state index >= 15 is 0 Å². The number of phosphoric acid groups is 1. The molecule has 0 rings (SSSR count). The molecular formula is C48H91O9P. The van der Waals surface area contributed by atoms with Gasteiger partial charge in [-0.15, -0.1) is 0 Å². The third-order valence-corrected chi connectivity index (χ3v) is 11.3. The van der Waals surface area contributed by atoms with Gasteiger partial charge >= 0.3 is 13.8 Å². The van der Waals surface area contributed by atoms with E-state index in [1.165, 1.54) is 141 Å². The zero-order valence-electron chi connectivity index (χ0n) is 37.5. The first-order chi connectivity index (χ1) is 28.3. The number of phosphoric ester groups is 1. The van der Waals surface area contributed by atoms with E-state index in [4.69, 9.17) is 23.6 Å². The molecule has 58 heavy (non-hydrogen) atoms. The predicted molar refractivity (Wildman–Crippen MR) is 242 cm³/mol. The van der Waals surface area contributed by atoms with Crippen LogP contribution in [0.5, 0.6) is 0 Å². The lowest BCUT2D eigenvalue weighted by Gasteiger charge is -2.20. The molecular weight excluding hydrogens is 751 g/mol. The quantitative estimate of drug-likeness (QED) is 0.0237. The Morgan fingerprint density at radius 1 is 0.552 bits per heavy atom. The summed E-state index contributed by atoms with van der Waals surface area (Å²) in [6, 6.07) is 0. The Bertz CT molecular complexity index is 1000. The Hall–Kier alpha value is -1.32. The Morgan fingerprint density at radius 2 is 0.983 bits per heavy atom. The fourth-order valence-corrected chi connectivity index (χ4v) is 7.51. The highest BCUT2D eigenvalue weighted by Crippen LogP contribution is 2.43.